The fraction of sp³-hybridized carbons (Fsp3) is 0.714. The summed E-state index contributed by atoms with van der Waals surface area (Å²) in [6.07, 6.45) is 0.212. The number of rotatable bonds is 0. The fourth-order valence-corrected chi connectivity index (χ4v) is 1.13. The van der Waals surface area contributed by atoms with Gasteiger partial charge in [-0.2, -0.15) is 0 Å². The molecule has 0 heterocycles. The van der Waals surface area contributed by atoms with Crippen LogP contribution in [0.25, 0.3) is 0 Å². The molecule has 0 aromatic carbocycles. The van der Waals surface area contributed by atoms with Crippen LogP contribution in [0.15, 0.2) is 5.57 Å². The van der Waals surface area contributed by atoms with Crippen LogP contribution in [0.2, 0.25) is 0 Å². The van der Waals surface area contributed by atoms with Crippen LogP contribution in [-0.4, -0.2) is 28.4 Å². The van der Waals surface area contributed by atoms with E-state index in [0.29, 0.717) is 18.4 Å². The highest BCUT2D eigenvalue weighted by Gasteiger charge is 2.22. The van der Waals surface area contributed by atoms with Crippen molar-refractivity contribution in [2.24, 2.45) is 0 Å². The van der Waals surface area contributed by atoms with E-state index >= 15 is 0 Å². The van der Waals surface area contributed by atoms with Crippen molar-refractivity contribution >= 4 is 5.94 Å². The Hall–Kier alpha value is -0.630. The van der Waals surface area contributed by atoms with Gasteiger partial charge in [0.25, 0.3) is 0 Å². The van der Waals surface area contributed by atoms with Crippen molar-refractivity contribution in [1.29, 1.82) is 0 Å². The Balaban J connectivity index is 2.63. The lowest BCUT2D eigenvalue weighted by Gasteiger charge is -2.21. The fourth-order valence-electron chi connectivity index (χ4n) is 1.13. The highest BCUT2D eigenvalue weighted by molar-refractivity contribution is 5.54. The second-order valence-corrected chi connectivity index (χ2v) is 2.58. The topological polar surface area (TPSA) is 57.5 Å². The van der Waals surface area contributed by atoms with Gasteiger partial charge in [-0.15, -0.1) is 0 Å². The van der Waals surface area contributed by atoms with Crippen LogP contribution in [0.1, 0.15) is 19.3 Å². The van der Waals surface area contributed by atoms with Crippen molar-refractivity contribution in [2.75, 3.05) is 0 Å². The van der Waals surface area contributed by atoms with E-state index in [1.54, 1.807) is 5.94 Å². The number of aliphatic hydroxyl groups excluding tert-OH is 2. The smallest absolute Gasteiger partial charge is 0.126 e. The number of aliphatic hydroxyl groups is 2. The quantitative estimate of drug-likeness (QED) is 0.454. The molecule has 2 unspecified atom stereocenters. The first-order chi connectivity index (χ1) is 4.74. The molecule has 56 valence electrons. The Morgan fingerprint density at radius 3 is 2.60 bits per heavy atom. The molecular weight excluding hydrogens is 132 g/mol. The maximum absolute atomic E-state index is 10.1. The zero-order chi connectivity index (χ0) is 7.56. The molecular formula is C7H10O3. The maximum atomic E-state index is 10.1. The Morgan fingerprint density at radius 1 is 1.40 bits per heavy atom. The Kier molecular flexibility index (Phi) is 2.22. The first-order valence-corrected chi connectivity index (χ1v) is 3.34. The van der Waals surface area contributed by atoms with Gasteiger partial charge in [0.1, 0.15) is 5.94 Å². The molecule has 3 heteroatoms. The molecule has 1 fully saturated rings. The van der Waals surface area contributed by atoms with Crippen molar-refractivity contribution < 1.29 is 15.0 Å². The number of hydrogen-bond acceptors (Lipinski definition) is 3. The van der Waals surface area contributed by atoms with Crippen molar-refractivity contribution in [2.45, 2.75) is 31.5 Å². The molecule has 1 saturated carbocycles. The summed E-state index contributed by atoms with van der Waals surface area (Å²) in [6.45, 7) is 0. The Morgan fingerprint density at radius 2 is 2.10 bits per heavy atom. The SMILES string of the molecule is O=C=C1CC(O)CCC1O. The Bertz CT molecular complexity index is 170. The van der Waals surface area contributed by atoms with Crippen LogP contribution >= 0.6 is 0 Å². The molecule has 1 rings (SSSR count). The van der Waals surface area contributed by atoms with Crippen LogP contribution in [0.3, 0.4) is 0 Å². The molecule has 1 aliphatic carbocycles. The molecule has 0 bridgehead atoms. The largest absolute Gasteiger partial charge is 0.393 e. The lowest BCUT2D eigenvalue weighted by Crippen LogP contribution is -2.24. The van der Waals surface area contributed by atoms with Gasteiger partial charge in [-0.05, 0) is 12.8 Å². The molecule has 3 nitrogen and oxygen atoms in total. The van der Waals surface area contributed by atoms with Crippen molar-refractivity contribution in [3.8, 4) is 0 Å². The summed E-state index contributed by atoms with van der Waals surface area (Å²) in [5.41, 5.74) is 0.304. The molecule has 0 radical (unpaired) electrons. The van der Waals surface area contributed by atoms with Crippen LogP contribution in [0.5, 0.6) is 0 Å². The van der Waals surface area contributed by atoms with E-state index in [0.717, 1.165) is 0 Å². The zero-order valence-electron chi connectivity index (χ0n) is 5.58. The van der Waals surface area contributed by atoms with E-state index in [2.05, 4.69) is 0 Å². The molecule has 0 amide bonds. The summed E-state index contributed by atoms with van der Waals surface area (Å²) in [7, 11) is 0. The highest BCUT2D eigenvalue weighted by atomic mass is 16.3. The minimum absolute atomic E-state index is 0.282. The second kappa shape index (κ2) is 2.97. The van der Waals surface area contributed by atoms with Gasteiger partial charge in [0.2, 0.25) is 0 Å². The van der Waals surface area contributed by atoms with Crippen molar-refractivity contribution in [3.63, 3.8) is 0 Å². The molecule has 0 aliphatic heterocycles. The average Bonchev–Trinajstić information content (AvgIpc) is 1.94. The van der Waals surface area contributed by atoms with Crippen LogP contribution < -0.4 is 0 Å². The molecule has 0 saturated heterocycles. The third-order valence-corrected chi connectivity index (χ3v) is 1.76. The van der Waals surface area contributed by atoms with Gasteiger partial charge in [-0.25, -0.2) is 4.79 Å². The molecule has 10 heavy (non-hydrogen) atoms. The van der Waals surface area contributed by atoms with E-state index < -0.39 is 12.2 Å². The summed E-state index contributed by atoms with van der Waals surface area (Å²) < 4.78 is 0. The number of carbonyl (C=O) groups excluding carboxylic acids is 1. The van der Waals surface area contributed by atoms with E-state index in [1.807, 2.05) is 0 Å². The van der Waals surface area contributed by atoms with Gasteiger partial charge in [0.05, 0.1) is 12.2 Å². The van der Waals surface area contributed by atoms with Crippen molar-refractivity contribution in [3.05, 3.63) is 5.57 Å². The van der Waals surface area contributed by atoms with E-state index in [4.69, 9.17) is 10.2 Å². The molecule has 0 aromatic rings. The van der Waals surface area contributed by atoms with Gasteiger partial charge < -0.3 is 10.2 Å². The maximum Gasteiger partial charge on any atom is 0.126 e. The minimum atomic E-state index is -0.666. The van der Waals surface area contributed by atoms with Crippen molar-refractivity contribution in [1.82, 2.24) is 0 Å². The monoisotopic (exact) mass is 142 g/mol. The molecule has 2 N–H and O–H groups in total. The van der Waals surface area contributed by atoms with Gasteiger partial charge in [0, 0.05) is 12.0 Å². The second-order valence-electron chi connectivity index (χ2n) is 2.58. The van der Waals surface area contributed by atoms with Crippen LogP contribution in [0, 0.1) is 0 Å². The summed E-state index contributed by atoms with van der Waals surface area (Å²) >= 11 is 0. The minimum Gasteiger partial charge on any atom is -0.393 e. The summed E-state index contributed by atoms with van der Waals surface area (Å²) in [5, 5.41) is 18.1. The summed E-state index contributed by atoms with van der Waals surface area (Å²) in [4.78, 5) is 10.1. The van der Waals surface area contributed by atoms with Crippen LogP contribution in [-0.2, 0) is 4.79 Å². The molecule has 0 spiro atoms. The van der Waals surface area contributed by atoms with Crippen LogP contribution in [0.4, 0.5) is 0 Å². The third kappa shape index (κ3) is 1.45. The Labute approximate surface area is 59.0 Å². The van der Waals surface area contributed by atoms with Gasteiger partial charge in [-0.1, -0.05) is 0 Å². The number of hydrogen-bond donors (Lipinski definition) is 2. The van der Waals surface area contributed by atoms with Gasteiger partial charge in [0.15, 0.2) is 0 Å². The predicted molar refractivity (Wildman–Crippen MR) is 35.1 cm³/mol. The van der Waals surface area contributed by atoms with E-state index in [1.165, 1.54) is 0 Å². The molecule has 2 atom stereocenters. The normalized spacial score (nSPS) is 33.6. The van der Waals surface area contributed by atoms with Gasteiger partial charge in [-0.3, -0.25) is 0 Å². The van der Waals surface area contributed by atoms with E-state index in [-0.39, 0.29) is 6.42 Å². The lowest BCUT2D eigenvalue weighted by atomic mass is 9.91. The van der Waals surface area contributed by atoms with E-state index in [9.17, 15) is 4.79 Å². The third-order valence-electron chi connectivity index (χ3n) is 1.76. The first-order valence-electron chi connectivity index (χ1n) is 3.34. The lowest BCUT2D eigenvalue weighted by molar-refractivity contribution is 0.0936. The summed E-state index contributed by atoms with van der Waals surface area (Å²) in [5.74, 6) is 1.64. The summed E-state index contributed by atoms with van der Waals surface area (Å²) in [6, 6.07) is 0. The molecule has 0 aromatic heterocycles. The average molecular weight is 142 g/mol. The first kappa shape index (κ1) is 7.48. The molecule has 1 aliphatic rings. The standard InChI is InChI=1S/C7H10O3/c8-4-5-3-6(9)1-2-7(5)10/h6-7,9-10H,1-3H2. The highest BCUT2D eigenvalue weighted by Crippen LogP contribution is 2.21. The van der Waals surface area contributed by atoms with Gasteiger partial charge >= 0.3 is 0 Å². The zero-order valence-corrected chi connectivity index (χ0v) is 5.58. The predicted octanol–water partition coefficient (Wildman–Crippen LogP) is -0.350.